The molecule has 5 nitrogen and oxygen atoms in total. The Balaban J connectivity index is 1.31. The van der Waals surface area contributed by atoms with Gasteiger partial charge in [0.25, 0.3) is 0 Å². The fourth-order valence-electron chi connectivity index (χ4n) is 7.39. The summed E-state index contributed by atoms with van der Waals surface area (Å²) in [4.78, 5) is 9.59. The second-order valence-electron chi connectivity index (χ2n) is 18.2. The van der Waals surface area contributed by atoms with Gasteiger partial charge in [-0.25, -0.2) is 4.98 Å². The van der Waals surface area contributed by atoms with Crippen LogP contribution in [0.15, 0.2) is 91.4 Å². The number of hydrogen-bond acceptors (Lipinski definition) is 4. The zero-order valence-corrected chi connectivity index (χ0v) is 34.1. The predicted octanol–water partition coefficient (Wildman–Crippen LogP) is 12.9. The Labute approximate surface area is 316 Å². The minimum Gasteiger partial charge on any atom is -0.457 e. The molecule has 2 aromatic heterocycles. The number of hydrogen-bond donors (Lipinski definition) is 0. The van der Waals surface area contributed by atoms with Gasteiger partial charge < -0.3 is 14.5 Å². The predicted molar refractivity (Wildman–Crippen MR) is 226 cm³/mol. The van der Waals surface area contributed by atoms with Gasteiger partial charge in [0.2, 0.25) is 0 Å². The van der Waals surface area contributed by atoms with Gasteiger partial charge in [-0.2, -0.15) is 0 Å². The smallest absolute Gasteiger partial charge is 0.137 e. The summed E-state index contributed by atoms with van der Waals surface area (Å²) in [7, 11) is 0. The lowest BCUT2D eigenvalue weighted by Crippen LogP contribution is -2.26. The van der Waals surface area contributed by atoms with Crippen molar-refractivity contribution in [2.24, 2.45) is 0 Å². The van der Waals surface area contributed by atoms with Crippen molar-refractivity contribution >= 4 is 33.2 Å². The number of ether oxygens (including phenoxy) is 1. The zero-order valence-electron chi connectivity index (χ0n) is 34.1. The molecule has 0 N–H and O–H groups in total. The molecule has 0 bridgehead atoms. The van der Waals surface area contributed by atoms with E-state index in [1.807, 2.05) is 6.20 Å². The van der Waals surface area contributed by atoms with Crippen molar-refractivity contribution in [3.05, 3.63) is 130 Å². The molecule has 1 aliphatic heterocycles. The van der Waals surface area contributed by atoms with Crippen molar-refractivity contribution in [1.29, 1.82) is 0 Å². The van der Waals surface area contributed by atoms with Crippen LogP contribution >= 0.6 is 0 Å². The lowest BCUT2D eigenvalue weighted by atomic mass is 9.86. The first-order valence-electron chi connectivity index (χ1n) is 19.0. The summed E-state index contributed by atoms with van der Waals surface area (Å²) >= 11 is 0. The topological polar surface area (TPSA) is 33.5 Å². The second-order valence-corrected chi connectivity index (χ2v) is 18.2. The Hall–Kier alpha value is -5.03. The van der Waals surface area contributed by atoms with Crippen LogP contribution in [-0.4, -0.2) is 16.2 Å². The summed E-state index contributed by atoms with van der Waals surface area (Å²) in [6, 6.07) is 26.7. The van der Waals surface area contributed by atoms with Crippen LogP contribution in [-0.2, 0) is 16.2 Å². The van der Waals surface area contributed by atoms with E-state index < -0.39 is 0 Å². The number of aryl methyl sites for hydroxylation is 1. The summed E-state index contributed by atoms with van der Waals surface area (Å²) in [5.41, 5.74) is 13.7. The number of fused-ring (bicyclic) bond motifs is 3. The van der Waals surface area contributed by atoms with Gasteiger partial charge in [0.15, 0.2) is 0 Å². The summed E-state index contributed by atoms with van der Waals surface area (Å²) < 4.78 is 9.14. The van der Waals surface area contributed by atoms with Gasteiger partial charge >= 0.3 is 0 Å². The largest absolute Gasteiger partial charge is 0.457 e. The van der Waals surface area contributed by atoms with Crippen LogP contribution in [0.3, 0.4) is 0 Å². The number of anilines is 2. The van der Waals surface area contributed by atoms with E-state index in [9.17, 15) is 0 Å². The molecule has 0 aliphatic carbocycles. The minimum absolute atomic E-state index is 0.00167. The molecule has 0 unspecified atom stereocenters. The number of benzene rings is 4. The molecule has 6 aromatic rings. The Morgan fingerprint density at radius 2 is 1.23 bits per heavy atom. The van der Waals surface area contributed by atoms with Crippen molar-refractivity contribution < 1.29 is 4.74 Å². The molecule has 4 aromatic carbocycles. The maximum absolute atomic E-state index is 6.84. The van der Waals surface area contributed by atoms with Crippen molar-refractivity contribution in [2.75, 3.05) is 16.5 Å². The second kappa shape index (κ2) is 12.8. The van der Waals surface area contributed by atoms with Gasteiger partial charge in [-0.1, -0.05) is 68.4 Å². The van der Waals surface area contributed by atoms with E-state index >= 15 is 0 Å². The summed E-state index contributed by atoms with van der Waals surface area (Å²) in [5.74, 6) is 2.53. The summed E-state index contributed by atoms with van der Waals surface area (Å²) in [6.45, 7) is 30.0. The number of aromatic nitrogens is 2. The van der Waals surface area contributed by atoms with E-state index in [1.54, 1.807) is 0 Å². The Kier molecular flexibility index (Phi) is 8.79. The van der Waals surface area contributed by atoms with Gasteiger partial charge in [-0.05, 0) is 137 Å². The van der Waals surface area contributed by atoms with E-state index in [0.717, 1.165) is 40.7 Å². The number of nitrogens with zero attached hydrogens (tertiary/aromatic N) is 4. The molecule has 0 saturated carbocycles. The van der Waals surface area contributed by atoms with Gasteiger partial charge in [-0.3, -0.25) is 4.57 Å². The number of pyridine rings is 1. The molecule has 5 heteroatoms. The quantitative estimate of drug-likeness (QED) is 0.179. The molecule has 0 fully saturated rings. The highest BCUT2D eigenvalue weighted by atomic mass is 16.5. The molecular formula is C48H56N4O. The molecule has 0 amide bonds. The average molecular weight is 705 g/mol. The van der Waals surface area contributed by atoms with Crippen LogP contribution < -0.4 is 14.5 Å². The molecule has 1 aliphatic rings. The third-order valence-corrected chi connectivity index (χ3v) is 11.3. The molecular weight excluding hydrogens is 649 g/mol. The van der Waals surface area contributed by atoms with Crippen molar-refractivity contribution in [1.82, 2.24) is 9.55 Å². The third-order valence-electron chi connectivity index (χ3n) is 11.3. The first-order valence-corrected chi connectivity index (χ1v) is 19.0. The average Bonchev–Trinajstić information content (AvgIpc) is 3.71. The first-order chi connectivity index (χ1) is 24.8. The van der Waals surface area contributed by atoms with E-state index in [0.29, 0.717) is 0 Å². The summed E-state index contributed by atoms with van der Waals surface area (Å²) in [5, 5.41) is 2.41. The molecule has 0 saturated heterocycles. The molecule has 53 heavy (non-hydrogen) atoms. The molecule has 7 rings (SSSR count). The highest BCUT2D eigenvalue weighted by Gasteiger charge is 2.24. The van der Waals surface area contributed by atoms with E-state index in [-0.39, 0.29) is 16.2 Å². The molecule has 0 radical (unpaired) electrons. The Bertz CT molecular complexity index is 2410. The van der Waals surface area contributed by atoms with Gasteiger partial charge in [0, 0.05) is 52.9 Å². The first kappa shape index (κ1) is 36.3. The van der Waals surface area contributed by atoms with Crippen LogP contribution in [0.2, 0.25) is 0 Å². The van der Waals surface area contributed by atoms with Crippen molar-refractivity contribution in [2.45, 2.75) is 106 Å². The standard InChI is InChI=1S/C48H56N4O/c1-30-22-43(33(4)32(3)31(30)2)51-21-20-50(29-51)37-23-36(48(11,12)13)24-39(27-37)53-38-15-16-40-41-25-34(46(5,6)7)14-17-42(41)52(44(40)28-38)45-26-35(18-19-49-45)47(8,9)10/h14-28H,29H2,1-13H3. The monoisotopic (exact) mass is 704 g/mol. The third kappa shape index (κ3) is 6.83. The zero-order chi connectivity index (χ0) is 38.2. The Morgan fingerprint density at radius 1 is 0.547 bits per heavy atom. The van der Waals surface area contributed by atoms with Gasteiger partial charge in [0.05, 0.1) is 17.7 Å². The van der Waals surface area contributed by atoms with E-state index in [1.165, 1.54) is 55.4 Å². The van der Waals surface area contributed by atoms with Gasteiger partial charge in [-0.15, -0.1) is 0 Å². The molecule has 274 valence electrons. The fourth-order valence-corrected chi connectivity index (χ4v) is 7.39. The van der Waals surface area contributed by atoms with Crippen LogP contribution in [0.5, 0.6) is 11.5 Å². The van der Waals surface area contributed by atoms with Crippen LogP contribution in [0.4, 0.5) is 11.4 Å². The van der Waals surface area contributed by atoms with Crippen LogP contribution in [0, 0.1) is 27.7 Å². The SMILES string of the molecule is Cc1cc(N2C=CN(c3cc(Oc4ccc5c6cc(C(C)(C)C)ccc6n(-c6cc(C(C)(C)C)ccn6)c5c4)cc(C(C)(C)C)c3)C2)c(C)c(C)c1C. The normalized spacial score (nSPS) is 13.9. The van der Waals surface area contributed by atoms with Crippen molar-refractivity contribution in [3.8, 4) is 17.3 Å². The lowest BCUT2D eigenvalue weighted by Gasteiger charge is -2.27. The number of rotatable bonds is 5. The molecule has 3 heterocycles. The van der Waals surface area contributed by atoms with Crippen LogP contribution in [0.25, 0.3) is 27.6 Å². The minimum atomic E-state index is -0.0656. The van der Waals surface area contributed by atoms with Crippen LogP contribution in [0.1, 0.15) is 101 Å². The lowest BCUT2D eigenvalue weighted by molar-refractivity contribution is 0.479. The summed E-state index contributed by atoms with van der Waals surface area (Å²) in [6.07, 6.45) is 6.32. The highest BCUT2D eigenvalue weighted by Crippen LogP contribution is 2.40. The van der Waals surface area contributed by atoms with E-state index in [2.05, 4.69) is 190 Å². The molecule has 0 spiro atoms. The highest BCUT2D eigenvalue weighted by molar-refractivity contribution is 6.09. The van der Waals surface area contributed by atoms with Gasteiger partial charge in [0.1, 0.15) is 17.3 Å². The maximum Gasteiger partial charge on any atom is 0.137 e. The van der Waals surface area contributed by atoms with Crippen molar-refractivity contribution in [3.63, 3.8) is 0 Å². The maximum atomic E-state index is 6.84. The molecule has 0 atom stereocenters. The van der Waals surface area contributed by atoms with E-state index in [4.69, 9.17) is 9.72 Å². The fraction of sp³-hybridized carbons (Fsp3) is 0.354. The Morgan fingerprint density at radius 3 is 1.92 bits per heavy atom.